The smallest absolute Gasteiger partial charge is 0.269 e. The predicted molar refractivity (Wildman–Crippen MR) is 119 cm³/mol. The second kappa shape index (κ2) is 7.20. The maximum absolute atomic E-state index is 13.5. The number of benzene rings is 2. The van der Waals surface area contributed by atoms with Gasteiger partial charge < -0.3 is 4.42 Å². The van der Waals surface area contributed by atoms with E-state index in [1.54, 1.807) is 30.5 Å². The van der Waals surface area contributed by atoms with E-state index >= 15 is 0 Å². The standard InChI is InChI=1S/C26H18N2O5/c29-20-13-15(21-6-3-11-33-21)12-19-23(20)22(14-7-9-16(10-8-14)28(31)32)24-25(27-19)17-4-1-2-5-18(17)26(24)30/h1-11,15,22,24H,12-13H2/t15-,22+,24?/m0/s1. The van der Waals surface area contributed by atoms with Gasteiger partial charge in [0.15, 0.2) is 11.6 Å². The SMILES string of the molecule is O=C1C[C@@H](c2ccco2)CC2=C1[C@@H](c1ccc([N+](=O)[O-])cc1)C1C(=O)c3ccccc3C1=N2. The zero-order valence-electron chi connectivity index (χ0n) is 17.4. The molecule has 1 aromatic heterocycles. The minimum atomic E-state index is -0.619. The van der Waals surface area contributed by atoms with E-state index < -0.39 is 16.8 Å². The summed E-state index contributed by atoms with van der Waals surface area (Å²) in [6.45, 7) is 0. The van der Waals surface area contributed by atoms with E-state index in [1.165, 1.54) is 12.1 Å². The van der Waals surface area contributed by atoms with Crippen LogP contribution in [0.4, 0.5) is 5.69 Å². The number of furan rings is 1. The van der Waals surface area contributed by atoms with Crippen molar-refractivity contribution in [2.24, 2.45) is 10.9 Å². The lowest BCUT2D eigenvalue weighted by Gasteiger charge is -2.35. The van der Waals surface area contributed by atoms with Gasteiger partial charge in [0.2, 0.25) is 0 Å². The maximum atomic E-state index is 13.5. The fourth-order valence-electron chi connectivity index (χ4n) is 5.39. The first kappa shape index (κ1) is 19.5. The first-order valence-electron chi connectivity index (χ1n) is 10.8. The van der Waals surface area contributed by atoms with E-state index in [9.17, 15) is 19.7 Å². The first-order valence-corrected chi connectivity index (χ1v) is 10.8. The summed E-state index contributed by atoms with van der Waals surface area (Å²) in [5.74, 6) is -0.651. The summed E-state index contributed by atoms with van der Waals surface area (Å²) in [6.07, 6.45) is 2.40. The van der Waals surface area contributed by atoms with Gasteiger partial charge in [0.25, 0.3) is 5.69 Å². The van der Waals surface area contributed by atoms with Crippen molar-refractivity contribution in [3.05, 3.63) is 111 Å². The van der Waals surface area contributed by atoms with Crippen LogP contribution in [0, 0.1) is 16.0 Å². The number of fused-ring (bicyclic) bond motifs is 3. The number of carbonyl (C=O) groups is 2. The van der Waals surface area contributed by atoms with Crippen LogP contribution in [-0.4, -0.2) is 22.2 Å². The first-order chi connectivity index (χ1) is 16.0. The van der Waals surface area contributed by atoms with Crippen LogP contribution < -0.4 is 0 Å². The Morgan fingerprint density at radius 3 is 2.36 bits per heavy atom. The Labute approximate surface area is 188 Å². The lowest BCUT2D eigenvalue weighted by Crippen LogP contribution is -2.34. The largest absolute Gasteiger partial charge is 0.469 e. The van der Waals surface area contributed by atoms with E-state index in [4.69, 9.17) is 9.41 Å². The van der Waals surface area contributed by atoms with Crippen molar-refractivity contribution in [3.8, 4) is 0 Å². The van der Waals surface area contributed by atoms with Crippen LogP contribution in [0.15, 0.2) is 87.6 Å². The third-order valence-corrected chi connectivity index (χ3v) is 6.84. The minimum absolute atomic E-state index is 0.0356. The van der Waals surface area contributed by atoms with E-state index in [1.807, 2.05) is 24.3 Å². The Balaban J connectivity index is 1.53. The molecule has 0 saturated heterocycles. The Bertz CT molecular complexity index is 1380. The molecule has 7 heteroatoms. The van der Waals surface area contributed by atoms with Crippen LogP contribution in [0.25, 0.3) is 0 Å². The van der Waals surface area contributed by atoms with Crippen molar-refractivity contribution >= 4 is 23.0 Å². The second-order valence-electron chi connectivity index (χ2n) is 8.61. The van der Waals surface area contributed by atoms with Gasteiger partial charge in [-0.15, -0.1) is 0 Å². The highest BCUT2D eigenvalue weighted by Gasteiger charge is 2.49. The molecule has 33 heavy (non-hydrogen) atoms. The molecule has 0 fully saturated rings. The molecule has 0 bridgehead atoms. The molecular weight excluding hydrogens is 420 g/mol. The molecule has 0 saturated carbocycles. The molecule has 2 heterocycles. The zero-order chi connectivity index (χ0) is 22.7. The Morgan fingerprint density at radius 2 is 1.67 bits per heavy atom. The van der Waals surface area contributed by atoms with E-state index in [-0.39, 0.29) is 29.6 Å². The fourth-order valence-corrected chi connectivity index (χ4v) is 5.39. The number of nitro benzene ring substituents is 1. The summed E-state index contributed by atoms with van der Waals surface area (Å²) in [5.41, 5.74) is 3.95. The fraction of sp³-hybridized carbons (Fsp3) is 0.192. The number of Topliss-reactive ketones (excluding diaryl/α,β-unsaturated/α-hetero) is 2. The number of allylic oxidation sites excluding steroid dienone is 2. The molecule has 6 rings (SSSR count). The molecule has 0 amide bonds. The molecule has 1 aliphatic heterocycles. The quantitative estimate of drug-likeness (QED) is 0.423. The summed E-state index contributed by atoms with van der Waals surface area (Å²) in [4.78, 5) is 42.6. The molecule has 162 valence electrons. The number of nitrogens with zero attached hydrogens (tertiary/aromatic N) is 2. The molecule has 3 aromatic rings. The van der Waals surface area contributed by atoms with Gasteiger partial charge in [-0.1, -0.05) is 36.4 Å². The van der Waals surface area contributed by atoms with Crippen LogP contribution in [0.5, 0.6) is 0 Å². The summed E-state index contributed by atoms with van der Waals surface area (Å²) in [5, 5.41) is 11.2. The number of carbonyl (C=O) groups excluding carboxylic acids is 2. The van der Waals surface area contributed by atoms with Crippen LogP contribution >= 0.6 is 0 Å². The molecular formula is C26H18N2O5. The van der Waals surface area contributed by atoms with Crippen molar-refractivity contribution < 1.29 is 18.9 Å². The van der Waals surface area contributed by atoms with Crippen LogP contribution in [-0.2, 0) is 4.79 Å². The highest BCUT2D eigenvalue weighted by molar-refractivity contribution is 6.30. The number of aliphatic imine (C=N–C) groups is 1. The normalized spacial score (nSPS) is 23.6. The van der Waals surface area contributed by atoms with E-state index in [2.05, 4.69) is 0 Å². The molecule has 3 atom stereocenters. The van der Waals surface area contributed by atoms with Gasteiger partial charge in [-0.05, 0) is 17.7 Å². The molecule has 2 aromatic carbocycles. The molecule has 0 N–H and O–H groups in total. The number of nitro groups is 1. The van der Waals surface area contributed by atoms with Gasteiger partial charge in [0.05, 0.1) is 22.8 Å². The molecule has 7 nitrogen and oxygen atoms in total. The lowest BCUT2D eigenvalue weighted by atomic mass is 9.69. The van der Waals surface area contributed by atoms with Crippen LogP contribution in [0.2, 0.25) is 0 Å². The van der Waals surface area contributed by atoms with Crippen molar-refractivity contribution in [3.63, 3.8) is 0 Å². The number of rotatable bonds is 3. The van der Waals surface area contributed by atoms with Crippen LogP contribution in [0.1, 0.15) is 51.9 Å². The average molecular weight is 438 g/mol. The summed E-state index contributed by atoms with van der Waals surface area (Å²) in [7, 11) is 0. The van der Waals surface area contributed by atoms with Gasteiger partial charge in [-0.2, -0.15) is 0 Å². The third-order valence-electron chi connectivity index (χ3n) is 6.84. The van der Waals surface area contributed by atoms with Gasteiger partial charge in [0.1, 0.15) is 5.76 Å². The molecule has 1 unspecified atom stereocenters. The minimum Gasteiger partial charge on any atom is -0.469 e. The van der Waals surface area contributed by atoms with E-state index in [0.29, 0.717) is 34.5 Å². The average Bonchev–Trinajstić information content (AvgIpc) is 3.46. The number of hydrogen-bond donors (Lipinski definition) is 0. The third kappa shape index (κ3) is 2.92. The van der Waals surface area contributed by atoms with Crippen molar-refractivity contribution in [1.82, 2.24) is 0 Å². The maximum Gasteiger partial charge on any atom is 0.269 e. The highest BCUT2D eigenvalue weighted by atomic mass is 16.6. The molecule has 2 aliphatic carbocycles. The van der Waals surface area contributed by atoms with E-state index in [0.717, 1.165) is 11.3 Å². The Kier molecular flexibility index (Phi) is 4.26. The Morgan fingerprint density at radius 1 is 0.909 bits per heavy atom. The van der Waals surface area contributed by atoms with Gasteiger partial charge in [-0.25, -0.2) is 0 Å². The summed E-state index contributed by atoms with van der Waals surface area (Å²) in [6, 6.07) is 17.2. The predicted octanol–water partition coefficient (Wildman–Crippen LogP) is 4.99. The van der Waals surface area contributed by atoms with Crippen molar-refractivity contribution in [2.45, 2.75) is 24.7 Å². The Hall–Kier alpha value is -4.13. The summed E-state index contributed by atoms with van der Waals surface area (Å²) < 4.78 is 5.57. The van der Waals surface area contributed by atoms with Crippen molar-refractivity contribution in [1.29, 1.82) is 0 Å². The molecule has 0 radical (unpaired) electrons. The highest BCUT2D eigenvalue weighted by Crippen LogP contribution is 2.50. The van der Waals surface area contributed by atoms with Gasteiger partial charge in [0, 0.05) is 59.2 Å². The second-order valence-corrected chi connectivity index (χ2v) is 8.61. The van der Waals surface area contributed by atoms with Gasteiger partial charge >= 0.3 is 0 Å². The number of ketones is 2. The van der Waals surface area contributed by atoms with Gasteiger partial charge in [-0.3, -0.25) is 24.7 Å². The lowest BCUT2D eigenvalue weighted by molar-refractivity contribution is -0.384. The molecule has 0 spiro atoms. The molecule has 3 aliphatic rings. The number of hydrogen-bond acceptors (Lipinski definition) is 6. The van der Waals surface area contributed by atoms with Crippen molar-refractivity contribution in [2.75, 3.05) is 0 Å². The summed E-state index contributed by atoms with van der Waals surface area (Å²) >= 11 is 0. The number of non-ortho nitro benzene ring substituents is 1. The topological polar surface area (TPSA) is 103 Å². The van der Waals surface area contributed by atoms with Crippen LogP contribution in [0.3, 0.4) is 0 Å². The zero-order valence-corrected chi connectivity index (χ0v) is 17.4. The monoisotopic (exact) mass is 438 g/mol.